The van der Waals surface area contributed by atoms with Crippen molar-refractivity contribution in [1.82, 2.24) is 0 Å². The summed E-state index contributed by atoms with van der Waals surface area (Å²) < 4.78 is 0. The SMILES string of the molecule is C=CCCC(Cc1cc(C(=O)O)cc(C(C)(C)C)c1)C(=O)O. The molecule has 0 heterocycles. The van der Waals surface area contributed by atoms with Crippen molar-refractivity contribution < 1.29 is 19.8 Å². The Kier molecular flexibility index (Phi) is 5.92. The highest BCUT2D eigenvalue weighted by Gasteiger charge is 2.21. The lowest BCUT2D eigenvalue weighted by atomic mass is 9.83. The van der Waals surface area contributed by atoms with E-state index in [0.717, 1.165) is 11.1 Å². The fourth-order valence-electron chi connectivity index (χ4n) is 2.28. The van der Waals surface area contributed by atoms with Crippen LogP contribution in [0.15, 0.2) is 30.9 Å². The summed E-state index contributed by atoms with van der Waals surface area (Å²) in [5, 5.41) is 18.6. The van der Waals surface area contributed by atoms with Crippen LogP contribution in [0.1, 0.15) is 55.1 Å². The van der Waals surface area contributed by atoms with E-state index in [1.807, 2.05) is 26.8 Å². The zero-order valence-electron chi connectivity index (χ0n) is 13.4. The number of carbonyl (C=O) groups is 2. The van der Waals surface area contributed by atoms with Gasteiger partial charge in [-0.1, -0.05) is 32.9 Å². The number of allylic oxidation sites excluding steroid dienone is 1. The molecular formula is C18H24O4. The molecule has 0 radical (unpaired) electrons. The first-order chi connectivity index (χ1) is 10.1. The Balaban J connectivity index is 3.16. The monoisotopic (exact) mass is 304 g/mol. The molecule has 0 aliphatic carbocycles. The summed E-state index contributed by atoms with van der Waals surface area (Å²) in [6.07, 6.45) is 3.15. The zero-order valence-corrected chi connectivity index (χ0v) is 13.4. The Morgan fingerprint density at radius 3 is 2.32 bits per heavy atom. The topological polar surface area (TPSA) is 74.6 Å². The molecule has 0 fully saturated rings. The summed E-state index contributed by atoms with van der Waals surface area (Å²) in [4.78, 5) is 22.7. The first-order valence-electron chi connectivity index (χ1n) is 7.36. The molecule has 0 aliphatic rings. The fraction of sp³-hybridized carbons (Fsp3) is 0.444. The van der Waals surface area contributed by atoms with E-state index in [-0.39, 0.29) is 11.0 Å². The van der Waals surface area contributed by atoms with Gasteiger partial charge >= 0.3 is 11.9 Å². The van der Waals surface area contributed by atoms with E-state index >= 15 is 0 Å². The molecule has 120 valence electrons. The van der Waals surface area contributed by atoms with E-state index in [4.69, 9.17) is 0 Å². The molecule has 1 rings (SSSR count). The number of carboxylic acids is 2. The highest BCUT2D eigenvalue weighted by atomic mass is 16.4. The normalized spacial score (nSPS) is 12.7. The first-order valence-corrected chi connectivity index (χ1v) is 7.36. The Hall–Kier alpha value is -2.10. The predicted octanol–water partition coefficient (Wildman–Crippen LogP) is 3.89. The Morgan fingerprint density at radius 1 is 1.23 bits per heavy atom. The minimum Gasteiger partial charge on any atom is -0.481 e. The Labute approximate surface area is 131 Å². The lowest BCUT2D eigenvalue weighted by molar-refractivity contribution is -0.141. The second-order valence-electron chi connectivity index (χ2n) is 6.58. The van der Waals surface area contributed by atoms with Crippen LogP contribution < -0.4 is 0 Å². The van der Waals surface area contributed by atoms with Gasteiger partial charge in [-0.3, -0.25) is 4.79 Å². The van der Waals surface area contributed by atoms with Gasteiger partial charge in [-0.2, -0.15) is 0 Å². The average Bonchev–Trinajstić information content (AvgIpc) is 2.41. The number of aromatic carboxylic acids is 1. The van der Waals surface area contributed by atoms with Crippen LogP contribution in [-0.2, 0) is 16.6 Å². The minimum atomic E-state index is -0.995. The summed E-state index contributed by atoms with van der Waals surface area (Å²) >= 11 is 0. The summed E-state index contributed by atoms with van der Waals surface area (Å²) in [6.45, 7) is 9.62. The van der Waals surface area contributed by atoms with Crippen LogP contribution in [0.2, 0.25) is 0 Å². The molecule has 0 bridgehead atoms. The largest absolute Gasteiger partial charge is 0.481 e. The van der Waals surface area contributed by atoms with E-state index in [2.05, 4.69) is 6.58 Å². The van der Waals surface area contributed by atoms with Crippen LogP contribution in [-0.4, -0.2) is 22.2 Å². The molecule has 1 unspecified atom stereocenters. The van der Waals surface area contributed by atoms with Gasteiger partial charge in [-0.25, -0.2) is 4.79 Å². The highest BCUT2D eigenvalue weighted by Crippen LogP contribution is 2.26. The van der Waals surface area contributed by atoms with Gasteiger partial charge in [-0.05, 0) is 47.9 Å². The molecule has 4 nitrogen and oxygen atoms in total. The minimum absolute atomic E-state index is 0.194. The molecule has 1 aromatic carbocycles. The molecular weight excluding hydrogens is 280 g/mol. The number of hydrogen-bond donors (Lipinski definition) is 2. The molecule has 4 heteroatoms. The van der Waals surface area contributed by atoms with Crippen molar-refractivity contribution in [1.29, 1.82) is 0 Å². The summed E-state index contributed by atoms with van der Waals surface area (Å²) in [7, 11) is 0. The molecule has 0 amide bonds. The van der Waals surface area contributed by atoms with E-state index in [0.29, 0.717) is 19.3 Å². The molecule has 0 aromatic heterocycles. The van der Waals surface area contributed by atoms with Gasteiger partial charge in [0.05, 0.1) is 11.5 Å². The van der Waals surface area contributed by atoms with Crippen molar-refractivity contribution in [3.05, 3.63) is 47.5 Å². The van der Waals surface area contributed by atoms with Gasteiger partial charge in [0.25, 0.3) is 0 Å². The van der Waals surface area contributed by atoms with E-state index in [1.165, 1.54) is 0 Å². The lowest BCUT2D eigenvalue weighted by Crippen LogP contribution is -2.18. The maximum absolute atomic E-state index is 11.4. The van der Waals surface area contributed by atoms with Crippen LogP contribution in [0.4, 0.5) is 0 Å². The number of rotatable bonds is 7. The third-order valence-electron chi connectivity index (χ3n) is 3.66. The van der Waals surface area contributed by atoms with Crippen molar-refractivity contribution in [2.45, 2.75) is 45.4 Å². The molecule has 0 aliphatic heterocycles. The third-order valence-corrected chi connectivity index (χ3v) is 3.66. The van der Waals surface area contributed by atoms with Crippen LogP contribution in [0.3, 0.4) is 0 Å². The van der Waals surface area contributed by atoms with Gasteiger partial charge in [0, 0.05) is 0 Å². The van der Waals surface area contributed by atoms with Crippen LogP contribution in [0.25, 0.3) is 0 Å². The number of benzene rings is 1. The molecule has 1 atom stereocenters. The van der Waals surface area contributed by atoms with Gasteiger partial charge in [-0.15, -0.1) is 6.58 Å². The van der Waals surface area contributed by atoms with Gasteiger partial charge in [0.1, 0.15) is 0 Å². The predicted molar refractivity (Wildman–Crippen MR) is 86.4 cm³/mol. The van der Waals surface area contributed by atoms with Crippen molar-refractivity contribution in [2.75, 3.05) is 0 Å². The molecule has 2 N–H and O–H groups in total. The van der Waals surface area contributed by atoms with E-state index in [9.17, 15) is 19.8 Å². The molecule has 22 heavy (non-hydrogen) atoms. The van der Waals surface area contributed by atoms with E-state index in [1.54, 1.807) is 18.2 Å². The second-order valence-corrected chi connectivity index (χ2v) is 6.58. The molecule has 0 saturated carbocycles. The van der Waals surface area contributed by atoms with Crippen molar-refractivity contribution >= 4 is 11.9 Å². The Morgan fingerprint density at radius 2 is 1.86 bits per heavy atom. The Bertz CT molecular complexity index is 567. The summed E-state index contributed by atoms with van der Waals surface area (Å²) in [6, 6.07) is 5.14. The smallest absolute Gasteiger partial charge is 0.335 e. The third kappa shape index (κ3) is 5.02. The van der Waals surface area contributed by atoms with E-state index < -0.39 is 17.9 Å². The highest BCUT2D eigenvalue weighted by molar-refractivity contribution is 5.88. The van der Waals surface area contributed by atoms with Crippen LogP contribution >= 0.6 is 0 Å². The second kappa shape index (κ2) is 7.25. The fourth-order valence-corrected chi connectivity index (χ4v) is 2.28. The van der Waals surface area contributed by atoms with Crippen molar-refractivity contribution in [3.63, 3.8) is 0 Å². The quantitative estimate of drug-likeness (QED) is 0.749. The van der Waals surface area contributed by atoms with Gasteiger partial charge < -0.3 is 10.2 Å². The molecule has 1 aromatic rings. The molecule has 0 saturated heterocycles. The standard InChI is InChI=1S/C18H24O4/c1-5-6-7-13(16(19)20)8-12-9-14(17(21)22)11-15(10-12)18(2,3)4/h5,9-11,13H,1,6-8H2,2-4H3,(H,19,20)(H,21,22). The number of aliphatic carboxylic acids is 1. The summed E-state index contributed by atoms with van der Waals surface area (Å²) in [5.74, 6) is -2.39. The maximum atomic E-state index is 11.4. The number of hydrogen-bond acceptors (Lipinski definition) is 2. The van der Waals surface area contributed by atoms with Crippen LogP contribution in [0, 0.1) is 5.92 Å². The first kappa shape index (κ1) is 18.0. The van der Waals surface area contributed by atoms with Gasteiger partial charge in [0.15, 0.2) is 0 Å². The van der Waals surface area contributed by atoms with Crippen LogP contribution in [0.5, 0.6) is 0 Å². The maximum Gasteiger partial charge on any atom is 0.335 e. The number of carboxylic acid groups (broad SMARTS) is 2. The van der Waals surface area contributed by atoms with Crippen molar-refractivity contribution in [2.24, 2.45) is 5.92 Å². The lowest BCUT2D eigenvalue weighted by Gasteiger charge is -2.21. The van der Waals surface area contributed by atoms with Gasteiger partial charge in [0.2, 0.25) is 0 Å². The zero-order chi connectivity index (χ0) is 16.9. The average molecular weight is 304 g/mol. The molecule has 0 spiro atoms. The summed E-state index contributed by atoms with van der Waals surface area (Å²) in [5.41, 5.74) is 1.66. The van der Waals surface area contributed by atoms with Crippen molar-refractivity contribution in [3.8, 4) is 0 Å².